The van der Waals surface area contributed by atoms with Crippen molar-refractivity contribution in [2.45, 2.75) is 25.4 Å². The molecule has 14 heteroatoms. The van der Waals surface area contributed by atoms with Gasteiger partial charge in [-0.15, -0.1) is 0 Å². The highest BCUT2D eigenvalue weighted by Crippen LogP contribution is 2.33. The first-order chi connectivity index (χ1) is 17.7. The van der Waals surface area contributed by atoms with E-state index in [4.69, 9.17) is 0 Å². The lowest BCUT2D eigenvalue weighted by molar-refractivity contribution is -0.127. The summed E-state index contributed by atoms with van der Waals surface area (Å²) >= 11 is 0. The van der Waals surface area contributed by atoms with Gasteiger partial charge >= 0.3 is 0 Å². The fourth-order valence-electron chi connectivity index (χ4n) is 3.73. The summed E-state index contributed by atoms with van der Waals surface area (Å²) in [6, 6.07) is 3.53. The Morgan fingerprint density at radius 2 is 1.84 bits per heavy atom. The fourth-order valence-corrected chi connectivity index (χ4v) is 3.73. The Labute approximate surface area is 210 Å². The first-order valence-electron chi connectivity index (χ1n) is 11.0. The normalized spacial score (nSPS) is 15.7. The molecule has 0 fully saturated rings. The molecule has 2 heterocycles. The van der Waals surface area contributed by atoms with Gasteiger partial charge in [-0.05, 0) is 19.1 Å². The molecule has 0 saturated heterocycles. The summed E-state index contributed by atoms with van der Waals surface area (Å²) in [4.78, 5) is 83.7. The van der Waals surface area contributed by atoms with E-state index in [1.807, 2.05) is 0 Å². The van der Waals surface area contributed by atoms with Crippen molar-refractivity contribution in [2.75, 3.05) is 29.5 Å². The van der Waals surface area contributed by atoms with E-state index in [0.29, 0.717) is 6.29 Å². The van der Waals surface area contributed by atoms with E-state index in [2.05, 4.69) is 20.6 Å². The number of carbonyl (C=O) groups excluding carboxylic acids is 6. The number of ketones is 1. The number of Topliss-reactive ketones (excluding diaryl/α,β-unsaturated/α-hetero) is 1. The molecule has 2 atom stereocenters. The van der Waals surface area contributed by atoms with E-state index in [0.717, 1.165) is 22.2 Å². The van der Waals surface area contributed by atoms with Crippen LogP contribution in [0.2, 0.25) is 0 Å². The Morgan fingerprint density at radius 3 is 2.46 bits per heavy atom. The number of aldehydes is 1. The van der Waals surface area contributed by atoms with Crippen molar-refractivity contribution in [3.8, 4) is 5.88 Å². The van der Waals surface area contributed by atoms with Crippen molar-refractivity contribution in [1.82, 2.24) is 20.6 Å². The molecule has 0 bridgehead atoms. The second kappa shape index (κ2) is 11.8. The maximum atomic E-state index is 13.6. The molecule has 0 unspecified atom stereocenters. The Hall–Kier alpha value is -4.72. The lowest BCUT2D eigenvalue weighted by Crippen LogP contribution is -2.55. The number of hydrogen-bond acceptors (Lipinski definition) is 10. The van der Waals surface area contributed by atoms with Gasteiger partial charge in [-0.2, -0.15) is 0 Å². The second-order valence-corrected chi connectivity index (χ2v) is 8.05. The zero-order valence-electron chi connectivity index (χ0n) is 19.7. The first kappa shape index (κ1) is 26.9. The molecule has 3 rings (SSSR count). The number of carbonyl (C=O) groups is 6. The molecule has 0 saturated carbocycles. The quantitative estimate of drug-likeness (QED) is 0.281. The van der Waals surface area contributed by atoms with Crippen LogP contribution in [-0.4, -0.2) is 87.7 Å². The van der Waals surface area contributed by atoms with Crippen LogP contribution < -0.4 is 20.4 Å². The highest BCUT2D eigenvalue weighted by molar-refractivity contribution is 6.11. The van der Waals surface area contributed by atoms with E-state index < -0.39 is 67.0 Å². The number of benzene rings is 1. The van der Waals surface area contributed by atoms with E-state index in [-0.39, 0.29) is 23.6 Å². The third-order valence-corrected chi connectivity index (χ3v) is 5.35. The molecule has 1 aromatic carbocycles. The summed E-state index contributed by atoms with van der Waals surface area (Å²) in [7, 11) is 0. The topological polar surface area (TPSA) is 199 Å². The third kappa shape index (κ3) is 6.29. The monoisotopic (exact) mass is 512 g/mol. The highest BCUT2D eigenvalue weighted by atomic mass is 16.3. The smallest absolute Gasteiger partial charge is 0.276 e. The van der Waals surface area contributed by atoms with Crippen LogP contribution in [0.15, 0.2) is 36.7 Å². The van der Waals surface area contributed by atoms with Crippen LogP contribution in [0.3, 0.4) is 0 Å². The number of aliphatic hydroxyl groups is 1. The first-order valence-corrected chi connectivity index (χ1v) is 11.0. The number of hydrogen-bond donors (Lipinski definition) is 4. The van der Waals surface area contributed by atoms with Gasteiger partial charge in [0.15, 0.2) is 5.69 Å². The number of para-hydroxylation sites is 2. The van der Waals surface area contributed by atoms with E-state index in [1.54, 1.807) is 12.1 Å². The lowest BCUT2D eigenvalue weighted by atomic mass is 10.1. The predicted octanol–water partition coefficient (Wildman–Crippen LogP) is -1.68. The number of aromatic nitrogens is 2. The molecule has 4 amide bonds. The second-order valence-electron chi connectivity index (χ2n) is 8.05. The number of aliphatic hydroxyl groups excluding tert-OH is 1. The van der Waals surface area contributed by atoms with E-state index >= 15 is 0 Å². The average molecular weight is 512 g/mol. The number of aromatic hydroxyl groups is 1. The van der Waals surface area contributed by atoms with Gasteiger partial charge < -0.3 is 30.5 Å². The Morgan fingerprint density at radius 1 is 1.16 bits per heavy atom. The zero-order valence-corrected chi connectivity index (χ0v) is 19.7. The van der Waals surface area contributed by atoms with Gasteiger partial charge in [0, 0.05) is 18.8 Å². The minimum absolute atomic E-state index is 0.123. The largest absolute Gasteiger partial charge is 0.492 e. The van der Waals surface area contributed by atoms with Crippen molar-refractivity contribution < 1.29 is 39.0 Å². The summed E-state index contributed by atoms with van der Waals surface area (Å²) in [6.07, 6.45) is 2.47. The van der Waals surface area contributed by atoms with Crippen molar-refractivity contribution in [1.29, 1.82) is 0 Å². The predicted molar refractivity (Wildman–Crippen MR) is 126 cm³/mol. The van der Waals surface area contributed by atoms with Gasteiger partial charge in [-0.25, -0.2) is 9.97 Å². The van der Waals surface area contributed by atoms with Gasteiger partial charge in [-0.3, -0.25) is 28.9 Å². The lowest BCUT2D eigenvalue weighted by Gasteiger charge is -2.25. The summed E-state index contributed by atoms with van der Waals surface area (Å²) < 4.78 is 0. The number of nitrogens with one attached hydrogen (secondary N) is 2. The Kier molecular flexibility index (Phi) is 8.58. The number of rotatable bonds is 9. The Balaban J connectivity index is 1.97. The van der Waals surface area contributed by atoms with Crippen LogP contribution in [0.5, 0.6) is 5.88 Å². The number of amides is 4. The molecule has 37 heavy (non-hydrogen) atoms. The maximum Gasteiger partial charge on any atom is 0.276 e. The van der Waals surface area contributed by atoms with E-state index in [9.17, 15) is 39.0 Å². The van der Waals surface area contributed by atoms with Gasteiger partial charge in [-0.1, -0.05) is 12.1 Å². The van der Waals surface area contributed by atoms with E-state index in [1.165, 1.54) is 19.1 Å². The molecule has 0 radical (unpaired) electrons. The van der Waals surface area contributed by atoms with Crippen molar-refractivity contribution in [3.63, 3.8) is 0 Å². The molecule has 194 valence electrons. The van der Waals surface area contributed by atoms with Crippen LogP contribution >= 0.6 is 0 Å². The Bertz CT molecular complexity index is 1240. The van der Waals surface area contributed by atoms with Crippen LogP contribution in [0, 0.1) is 0 Å². The molecule has 1 aliphatic heterocycles. The summed E-state index contributed by atoms with van der Waals surface area (Å²) in [5, 5.41) is 24.1. The van der Waals surface area contributed by atoms with Gasteiger partial charge in [0.25, 0.3) is 17.7 Å². The van der Waals surface area contributed by atoms with Gasteiger partial charge in [0.2, 0.25) is 11.8 Å². The molecule has 1 aliphatic rings. The van der Waals surface area contributed by atoms with Crippen LogP contribution in [0.4, 0.5) is 11.4 Å². The van der Waals surface area contributed by atoms with Crippen LogP contribution in [0.25, 0.3) is 0 Å². The number of anilines is 2. The van der Waals surface area contributed by atoms with Crippen molar-refractivity contribution >= 4 is 47.1 Å². The standard InChI is InChI=1S/C23H24N6O8/c1-13(32)8-14(11-30)26-18(33)10-29-17-5-3-2-4-16(17)28(19(34)12-31)9-15(23(29)37)27-22(36)20-21(35)25-7-6-24-20/h2-7,11,14-15,31H,8-10,12H2,1H3,(H,25,35)(H,26,33)(H,27,36)/t14-,15-/m0/s1. The molecule has 4 N–H and O–H groups in total. The number of nitrogens with zero attached hydrogens (tertiary/aromatic N) is 4. The number of fused-ring (bicyclic) bond motifs is 1. The molecule has 14 nitrogen and oxygen atoms in total. The maximum absolute atomic E-state index is 13.6. The minimum Gasteiger partial charge on any atom is -0.492 e. The average Bonchev–Trinajstić information content (AvgIpc) is 2.98. The molecule has 0 aliphatic carbocycles. The molecule has 2 aromatic rings. The van der Waals surface area contributed by atoms with Crippen molar-refractivity contribution in [3.05, 3.63) is 42.4 Å². The van der Waals surface area contributed by atoms with Crippen LogP contribution in [0.1, 0.15) is 23.8 Å². The minimum atomic E-state index is -1.44. The zero-order chi connectivity index (χ0) is 27.1. The van der Waals surface area contributed by atoms with Gasteiger partial charge in [0.1, 0.15) is 31.3 Å². The molecular formula is C23H24N6O8. The molecular weight excluding hydrogens is 488 g/mol. The van der Waals surface area contributed by atoms with Crippen LogP contribution in [-0.2, 0) is 24.0 Å². The summed E-state index contributed by atoms with van der Waals surface area (Å²) in [5.41, 5.74) is -0.172. The molecule has 0 spiro atoms. The third-order valence-electron chi connectivity index (χ3n) is 5.35. The van der Waals surface area contributed by atoms with Gasteiger partial charge in [0.05, 0.1) is 24.0 Å². The molecule has 1 aromatic heterocycles. The highest BCUT2D eigenvalue weighted by Gasteiger charge is 2.38. The summed E-state index contributed by atoms with van der Waals surface area (Å²) in [6.45, 7) is -0.684. The van der Waals surface area contributed by atoms with Crippen molar-refractivity contribution in [2.24, 2.45) is 0 Å². The fraction of sp³-hybridized carbons (Fsp3) is 0.304. The summed E-state index contributed by atoms with van der Waals surface area (Å²) in [5.74, 6) is -4.35. The SMILES string of the molecule is CC(=O)C[C@@H](C=O)NC(=O)CN1C(=O)[C@@H](NC(=O)c2nccnc2O)CN(C(=O)CO)c2ccccc21.